The number of aliphatic carboxylic acids is 1. The van der Waals surface area contributed by atoms with Crippen molar-refractivity contribution in [1.82, 2.24) is 10.2 Å². The molecule has 0 bridgehead atoms. The molecule has 1 aliphatic rings. The van der Waals surface area contributed by atoms with Gasteiger partial charge in [-0.15, -0.1) is 0 Å². The lowest BCUT2D eigenvalue weighted by Crippen LogP contribution is -2.43. The van der Waals surface area contributed by atoms with Gasteiger partial charge in [0.1, 0.15) is 0 Å². The van der Waals surface area contributed by atoms with Gasteiger partial charge in [0, 0.05) is 13.0 Å². The molecule has 2 atom stereocenters. The quantitative estimate of drug-likeness (QED) is 0.783. The molecule has 27 heavy (non-hydrogen) atoms. The number of hydrogen-bond donors (Lipinski definition) is 2. The maximum Gasteiger partial charge on any atom is 0.303 e. The van der Waals surface area contributed by atoms with Crippen LogP contribution < -0.4 is 5.32 Å². The fourth-order valence-electron chi connectivity index (χ4n) is 3.91. The zero-order chi connectivity index (χ0) is 19.2. The van der Waals surface area contributed by atoms with Crippen LogP contribution in [0.3, 0.4) is 0 Å². The predicted molar refractivity (Wildman–Crippen MR) is 107 cm³/mol. The third-order valence-corrected chi connectivity index (χ3v) is 5.39. The Balaban J connectivity index is 1.52. The number of amides is 1. The number of carbonyl (C=O) groups is 2. The van der Waals surface area contributed by atoms with Gasteiger partial charge in [-0.05, 0) is 61.1 Å². The van der Waals surface area contributed by atoms with E-state index in [1.54, 1.807) is 0 Å². The summed E-state index contributed by atoms with van der Waals surface area (Å²) in [5, 5.41) is 14.3. The average Bonchev–Trinajstić information content (AvgIpc) is 2.66. The second-order valence-electron chi connectivity index (χ2n) is 7.57. The Labute approximate surface area is 160 Å². The summed E-state index contributed by atoms with van der Waals surface area (Å²) in [6.07, 6.45) is 2.99. The summed E-state index contributed by atoms with van der Waals surface area (Å²) in [6, 6.07) is 14.4. The van der Waals surface area contributed by atoms with Crippen molar-refractivity contribution in [3.63, 3.8) is 0 Å². The van der Waals surface area contributed by atoms with Crippen LogP contribution in [0.25, 0.3) is 10.8 Å². The zero-order valence-corrected chi connectivity index (χ0v) is 15.9. The van der Waals surface area contributed by atoms with Gasteiger partial charge in [0.25, 0.3) is 0 Å². The second kappa shape index (κ2) is 9.00. The molecule has 0 radical (unpaired) electrons. The van der Waals surface area contributed by atoms with Gasteiger partial charge in [-0.2, -0.15) is 0 Å². The van der Waals surface area contributed by atoms with Crippen LogP contribution in [0.1, 0.15) is 44.2 Å². The molecule has 1 fully saturated rings. The number of likely N-dealkylation sites (tertiary alicyclic amines) is 1. The molecule has 3 rings (SSSR count). The number of nitrogens with zero attached hydrogens (tertiary/aromatic N) is 1. The van der Waals surface area contributed by atoms with Gasteiger partial charge in [-0.3, -0.25) is 14.5 Å². The summed E-state index contributed by atoms with van der Waals surface area (Å²) in [5.41, 5.74) is 1.10. The van der Waals surface area contributed by atoms with E-state index in [2.05, 4.69) is 40.5 Å². The maximum absolute atomic E-state index is 12.5. The van der Waals surface area contributed by atoms with Crippen LogP contribution in [0.5, 0.6) is 0 Å². The van der Waals surface area contributed by atoms with Gasteiger partial charge in [-0.25, -0.2) is 0 Å². The van der Waals surface area contributed by atoms with E-state index in [1.807, 2.05) is 19.1 Å². The first-order chi connectivity index (χ1) is 13.0. The number of fused-ring (bicyclic) bond motifs is 1. The molecule has 1 amide bonds. The van der Waals surface area contributed by atoms with E-state index in [0.717, 1.165) is 31.5 Å². The van der Waals surface area contributed by atoms with E-state index < -0.39 is 5.97 Å². The van der Waals surface area contributed by atoms with E-state index in [9.17, 15) is 9.59 Å². The second-order valence-corrected chi connectivity index (χ2v) is 7.57. The van der Waals surface area contributed by atoms with E-state index >= 15 is 0 Å². The molecular weight excluding hydrogens is 340 g/mol. The predicted octanol–water partition coefficient (Wildman–Crippen LogP) is 3.59. The molecule has 144 valence electrons. The Hall–Kier alpha value is -2.40. The SMILES string of the molecule is CC(NC(=O)CN1CCCC(CCC(=O)O)C1)c1ccc2ccccc2c1. The van der Waals surface area contributed by atoms with Crippen molar-refractivity contribution in [3.8, 4) is 0 Å². The largest absolute Gasteiger partial charge is 0.481 e. The first-order valence-electron chi connectivity index (χ1n) is 9.73. The highest BCUT2D eigenvalue weighted by Gasteiger charge is 2.22. The molecule has 5 nitrogen and oxygen atoms in total. The van der Waals surface area contributed by atoms with Crippen LogP contribution >= 0.6 is 0 Å². The van der Waals surface area contributed by atoms with Crippen LogP contribution in [-0.4, -0.2) is 41.5 Å². The smallest absolute Gasteiger partial charge is 0.303 e. The van der Waals surface area contributed by atoms with Crippen LogP contribution in [0.2, 0.25) is 0 Å². The van der Waals surface area contributed by atoms with E-state index in [-0.39, 0.29) is 18.4 Å². The van der Waals surface area contributed by atoms with Crippen LogP contribution in [0, 0.1) is 5.92 Å². The Morgan fingerprint density at radius 3 is 2.78 bits per heavy atom. The number of rotatable bonds is 7. The van der Waals surface area contributed by atoms with Crippen LogP contribution in [-0.2, 0) is 9.59 Å². The minimum atomic E-state index is -0.742. The summed E-state index contributed by atoms with van der Waals surface area (Å²) in [5.74, 6) is -0.343. The molecule has 1 heterocycles. The number of hydrogen-bond acceptors (Lipinski definition) is 3. The van der Waals surface area contributed by atoms with Crippen molar-refractivity contribution in [2.75, 3.05) is 19.6 Å². The molecule has 0 aliphatic carbocycles. The van der Waals surface area contributed by atoms with Crippen LogP contribution in [0.4, 0.5) is 0 Å². The fraction of sp³-hybridized carbons (Fsp3) is 0.455. The van der Waals surface area contributed by atoms with Crippen molar-refractivity contribution in [3.05, 3.63) is 48.0 Å². The minimum absolute atomic E-state index is 0.0227. The van der Waals surface area contributed by atoms with Gasteiger partial charge >= 0.3 is 5.97 Å². The van der Waals surface area contributed by atoms with Gasteiger partial charge in [0.2, 0.25) is 5.91 Å². The molecule has 0 saturated carbocycles. The van der Waals surface area contributed by atoms with Gasteiger partial charge < -0.3 is 10.4 Å². The lowest BCUT2D eigenvalue weighted by Gasteiger charge is -2.32. The van der Waals surface area contributed by atoms with Crippen LogP contribution in [0.15, 0.2) is 42.5 Å². The molecule has 1 aliphatic heterocycles. The highest BCUT2D eigenvalue weighted by Crippen LogP contribution is 2.22. The topological polar surface area (TPSA) is 69.6 Å². The van der Waals surface area contributed by atoms with Gasteiger partial charge in [-0.1, -0.05) is 36.4 Å². The van der Waals surface area contributed by atoms with Crippen molar-refractivity contribution in [2.45, 2.75) is 38.6 Å². The molecule has 1 saturated heterocycles. The highest BCUT2D eigenvalue weighted by molar-refractivity contribution is 5.83. The summed E-state index contributed by atoms with van der Waals surface area (Å²) >= 11 is 0. The number of carboxylic acids is 1. The first-order valence-corrected chi connectivity index (χ1v) is 9.73. The molecule has 0 aromatic heterocycles. The molecule has 5 heteroatoms. The maximum atomic E-state index is 12.5. The van der Waals surface area contributed by atoms with Gasteiger partial charge in [0.05, 0.1) is 12.6 Å². The number of carbonyl (C=O) groups excluding carboxylic acids is 1. The molecule has 0 spiro atoms. The van der Waals surface area contributed by atoms with E-state index in [1.165, 1.54) is 10.8 Å². The third-order valence-electron chi connectivity index (χ3n) is 5.39. The summed E-state index contributed by atoms with van der Waals surface area (Å²) in [6.45, 7) is 4.10. The number of carboxylic acid groups (broad SMARTS) is 1. The third kappa shape index (κ3) is 5.54. The molecule has 2 aromatic rings. The van der Waals surface area contributed by atoms with E-state index in [4.69, 9.17) is 5.11 Å². The monoisotopic (exact) mass is 368 g/mol. The highest BCUT2D eigenvalue weighted by atomic mass is 16.4. The molecule has 2 unspecified atom stereocenters. The summed E-state index contributed by atoms with van der Waals surface area (Å²) < 4.78 is 0. The fourth-order valence-corrected chi connectivity index (χ4v) is 3.91. The van der Waals surface area contributed by atoms with Crippen molar-refractivity contribution < 1.29 is 14.7 Å². The Morgan fingerprint density at radius 1 is 1.22 bits per heavy atom. The molecule has 2 N–H and O–H groups in total. The summed E-state index contributed by atoms with van der Waals surface area (Å²) in [4.78, 5) is 25.4. The number of benzene rings is 2. The normalized spacial score (nSPS) is 18.9. The van der Waals surface area contributed by atoms with Crippen molar-refractivity contribution >= 4 is 22.6 Å². The Kier molecular flexibility index (Phi) is 6.45. The standard InChI is InChI=1S/C22H28N2O3/c1-16(19-10-9-18-6-2-3-7-20(18)13-19)23-21(25)15-24-12-4-5-17(14-24)8-11-22(26)27/h2-3,6-7,9-10,13,16-17H,4-5,8,11-12,14-15H2,1H3,(H,23,25)(H,26,27). The average molecular weight is 368 g/mol. The lowest BCUT2D eigenvalue weighted by molar-refractivity contribution is -0.137. The van der Waals surface area contributed by atoms with Crippen molar-refractivity contribution in [1.29, 1.82) is 0 Å². The van der Waals surface area contributed by atoms with Gasteiger partial charge in [0.15, 0.2) is 0 Å². The summed E-state index contributed by atoms with van der Waals surface area (Å²) in [7, 11) is 0. The Bertz CT molecular complexity index is 805. The van der Waals surface area contributed by atoms with E-state index in [0.29, 0.717) is 18.9 Å². The zero-order valence-electron chi connectivity index (χ0n) is 15.9. The Morgan fingerprint density at radius 2 is 2.00 bits per heavy atom. The number of piperidine rings is 1. The first kappa shape index (κ1) is 19.4. The minimum Gasteiger partial charge on any atom is -0.481 e. The van der Waals surface area contributed by atoms with Crippen molar-refractivity contribution in [2.24, 2.45) is 5.92 Å². The molecular formula is C22H28N2O3. The lowest BCUT2D eigenvalue weighted by atomic mass is 9.93. The molecule has 2 aromatic carbocycles. The number of nitrogens with one attached hydrogen (secondary N) is 1.